The summed E-state index contributed by atoms with van der Waals surface area (Å²) in [5.74, 6) is -0.683. The van der Waals surface area contributed by atoms with Gasteiger partial charge in [0.05, 0.1) is 24.6 Å². The normalized spacial score (nSPS) is 16.5. The third kappa shape index (κ3) is 4.30. The van der Waals surface area contributed by atoms with Crippen LogP contribution in [0.3, 0.4) is 0 Å². The minimum atomic E-state index is -3.84. The Bertz CT molecular complexity index is 1160. The van der Waals surface area contributed by atoms with Crippen LogP contribution in [0.4, 0.5) is 4.79 Å². The fourth-order valence-electron chi connectivity index (χ4n) is 3.54. The zero-order chi connectivity index (χ0) is 22.2. The molecule has 0 bridgehead atoms. The maximum Gasteiger partial charge on any atom is 0.342 e. The summed E-state index contributed by atoms with van der Waals surface area (Å²) in [6, 6.07) is 11.0. The molecule has 0 aliphatic carbocycles. The quantitative estimate of drug-likeness (QED) is 0.681. The number of carbonyl (C=O) groups excluding carboxylic acids is 3. The number of aryl methyl sites for hydroxylation is 1. The van der Waals surface area contributed by atoms with E-state index in [0.717, 1.165) is 16.7 Å². The van der Waals surface area contributed by atoms with Gasteiger partial charge in [0.1, 0.15) is 0 Å². The number of carbonyl (C=O) groups is 3. The molecule has 2 aliphatic rings. The number of nitrogens with zero attached hydrogens (tertiary/aromatic N) is 2. The molecule has 0 spiro atoms. The lowest BCUT2D eigenvalue weighted by Crippen LogP contribution is -2.56. The van der Waals surface area contributed by atoms with Crippen molar-refractivity contribution in [3.63, 3.8) is 0 Å². The average molecular weight is 443 g/mol. The highest BCUT2D eigenvalue weighted by Crippen LogP contribution is 2.26. The van der Waals surface area contributed by atoms with Crippen molar-refractivity contribution in [3.8, 4) is 0 Å². The first kappa shape index (κ1) is 21.0. The van der Waals surface area contributed by atoms with Crippen LogP contribution in [0.5, 0.6) is 0 Å². The molecule has 2 aliphatic heterocycles. The molecule has 1 fully saturated rings. The Balaban J connectivity index is 1.40. The largest absolute Gasteiger partial charge is 0.342 e. The fourth-order valence-corrected chi connectivity index (χ4v) is 4.45. The number of nitrogens with one attached hydrogen (secondary N) is 1. The summed E-state index contributed by atoms with van der Waals surface area (Å²) in [6.07, 6.45) is 0.467. The number of urea groups is 1. The van der Waals surface area contributed by atoms with Gasteiger partial charge in [-0.1, -0.05) is 29.8 Å². The van der Waals surface area contributed by atoms with E-state index in [4.69, 9.17) is 4.18 Å². The number of imide groups is 1. The summed E-state index contributed by atoms with van der Waals surface area (Å²) in [5, 5.41) is 4.76. The van der Waals surface area contributed by atoms with Crippen molar-refractivity contribution in [1.29, 1.82) is 0 Å². The van der Waals surface area contributed by atoms with Crippen molar-refractivity contribution < 1.29 is 27.0 Å². The molecule has 1 N–H and O–H groups in total. The molecule has 10 heteroatoms. The van der Waals surface area contributed by atoms with Gasteiger partial charge in [-0.25, -0.2) is 14.8 Å². The molecule has 162 valence electrons. The zero-order valence-corrected chi connectivity index (χ0v) is 17.6. The maximum absolute atomic E-state index is 12.7. The van der Waals surface area contributed by atoms with Gasteiger partial charge in [-0.3, -0.25) is 19.1 Å². The Morgan fingerprint density at radius 1 is 1.03 bits per heavy atom. The Labute approximate surface area is 179 Å². The third-order valence-corrected chi connectivity index (χ3v) is 6.54. The van der Waals surface area contributed by atoms with Gasteiger partial charge in [0, 0.05) is 12.0 Å². The summed E-state index contributed by atoms with van der Waals surface area (Å²) in [4.78, 5) is 36.2. The number of benzene rings is 2. The van der Waals surface area contributed by atoms with E-state index in [1.807, 2.05) is 13.0 Å². The molecule has 9 nitrogen and oxygen atoms in total. The average Bonchev–Trinajstić information content (AvgIpc) is 3.04. The zero-order valence-electron chi connectivity index (χ0n) is 16.8. The van der Waals surface area contributed by atoms with Gasteiger partial charge in [0.2, 0.25) is 5.91 Å². The van der Waals surface area contributed by atoms with Crippen molar-refractivity contribution in [2.45, 2.75) is 31.2 Å². The second kappa shape index (κ2) is 8.12. The van der Waals surface area contributed by atoms with Gasteiger partial charge in [-0.15, -0.1) is 0 Å². The Morgan fingerprint density at radius 3 is 2.48 bits per heavy atom. The highest BCUT2D eigenvalue weighted by molar-refractivity contribution is 7.86. The van der Waals surface area contributed by atoms with Crippen LogP contribution in [-0.4, -0.2) is 49.4 Å². The molecule has 0 aromatic heterocycles. The first-order chi connectivity index (χ1) is 14.7. The first-order valence-electron chi connectivity index (χ1n) is 9.75. The van der Waals surface area contributed by atoms with Crippen LogP contribution in [0.2, 0.25) is 0 Å². The molecule has 4 amide bonds. The van der Waals surface area contributed by atoms with Gasteiger partial charge in [-0.2, -0.15) is 8.42 Å². The standard InChI is InChI=1S/C21H21N3O6S/c1-14-2-5-17(6-3-14)31(28,29)30-11-9-15-4-7-18-16(12-15)13-24(20(18)26)23-10-8-19(25)22-21(23)27/h2-7,12H,8-11,13H2,1H3,(H,22,25,27). The molecule has 2 aromatic rings. The number of hydrazine groups is 1. The van der Waals surface area contributed by atoms with E-state index in [2.05, 4.69) is 5.32 Å². The summed E-state index contributed by atoms with van der Waals surface area (Å²) in [6.45, 7) is 2.17. The van der Waals surface area contributed by atoms with E-state index in [-0.39, 0.29) is 42.8 Å². The van der Waals surface area contributed by atoms with E-state index in [0.29, 0.717) is 12.0 Å². The molecule has 0 unspecified atom stereocenters. The summed E-state index contributed by atoms with van der Waals surface area (Å²) >= 11 is 0. The van der Waals surface area contributed by atoms with Crippen molar-refractivity contribution in [2.75, 3.05) is 13.2 Å². The number of hydrogen-bond acceptors (Lipinski definition) is 6. The molecule has 31 heavy (non-hydrogen) atoms. The van der Waals surface area contributed by atoms with Crippen LogP contribution in [0, 0.1) is 6.92 Å². The summed E-state index contributed by atoms with van der Waals surface area (Å²) in [7, 11) is -3.84. The van der Waals surface area contributed by atoms with Crippen molar-refractivity contribution in [2.24, 2.45) is 0 Å². The van der Waals surface area contributed by atoms with Crippen LogP contribution >= 0.6 is 0 Å². The Morgan fingerprint density at radius 2 is 1.77 bits per heavy atom. The smallest absolute Gasteiger partial charge is 0.276 e. The molecule has 0 radical (unpaired) electrons. The lowest BCUT2D eigenvalue weighted by atomic mass is 10.0. The molecule has 1 saturated heterocycles. The topological polar surface area (TPSA) is 113 Å². The van der Waals surface area contributed by atoms with Crippen LogP contribution in [0.1, 0.15) is 33.5 Å². The van der Waals surface area contributed by atoms with Gasteiger partial charge in [-0.05, 0) is 42.7 Å². The Hall–Kier alpha value is -3.24. The van der Waals surface area contributed by atoms with E-state index >= 15 is 0 Å². The SMILES string of the molecule is Cc1ccc(S(=O)(=O)OCCc2ccc3c(c2)CN(N2CCC(=O)NC2=O)C3=O)cc1. The molecule has 0 saturated carbocycles. The predicted octanol–water partition coefficient (Wildman–Crippen LogP) is 1.76. The van der Waals surface area contributed by atoms with Gasteiger partial charge in [0.25, 0.3) is 16.0 Å². The van der Waals surface area contributed by atoms with E-state index in [1.165, 1.54) is 22.2 Å². The van der Waals surface area contributed by atoms with E-state index in [1.54, 1.807) is 24.3 Å². The maximum atomic E-state index is 12.7. The fraction of sp³-hybridized carbons (Fsp3) is 0.286. The minimum Gasteiger partial charge on any atom is -0.276 e. The van der Waals surface area contributed by atoms with Gasteiger partial charge < -0.3 is 0 Å². The van der Waals surface area contributed by atoms with Gasteiger partial charge in [0.15, 0.2) is 0 Å². The second-order valence-corrected chi connectivity index (χ2v) is 9.04. The van der Waals surface area contributed by atoms with Gasteiger partial charge >= 0.3 is 6.03 Å². The van der Waals surface area contributed by atoms with E-state index < -0.39 is 16.1 Å². The molecule has 4 rings (SSSR count). The molecule has 2 heterocycles. The summed E-state index contributed by atoms with van der Waals surface area (Å²) in [5.41, 5.74) is 2.97. The number of fused-ring (bicyclic) bond motifs is 1. The first-order valence-corrected chi connectivity index (χ1v) is 11.2. The van der Waals surface area contributed by atoms with Crippen LogP contribution in [-0.2, 0) is 32.1 Å². The molecule has 2 aromatic carbocycles. The van der Waals surface area contributed by atoms with Crippen molar-refractivity contribution >= 4 is 28.0 Å². The number of amides is 4. The van der Waals surface area contributed by atoms with Crippen LogP contribution < -0.4 is 5.32 Å². The number of rotatable bonds is 6. The summed E-state index contributed by atoms with van der Waals surface area (Å²) < 4.78 is 29.7. The minimum absolute atomic E-state index is 0.0384. The van der Waals surface area contributed by atoms with Crippen LogP contribution in [0.25, 0.3) is 0 Å². The second-order valence-electron chi connectivity index (χ2n) is 7.42. The lowest BCUT2D eigenvalue weighted by Gasteiger charge is -2.33. The Kier molecular flexibility index (Phi) is 5.50. The third-order valence-electron chi connectivity index (χ3n) is 5.22. The van der Waals surface area contributed by atoms with E-state index in [9.17, 15) is 22.8 Å². The molecular formula is C21H21N3O6S. The molecular weight excluding hydrogens is 422 g/mol. The van der Waals surface area contributed by atoms with Crippen molar-refractivity contribution in [3.05, 3.63) is 64.7 Å². The highest BCUT2D eigenvalue weighted by Gasteiger charge is 2.36. The predicted molar refractivity (Wildman–Crippen MR) is 109 cm³/mol. The molecule has 0 atom stereocenters. The number of hydrogen-bond donors (Lipinski definition) is 1. The monoisotopic (exact) mass is 443 g/mol. The highest BCUT2D eigenvalue weighted by atomic mass is 32.2. The van der Waals surface area contributed by atoms with Crippen molar-refractivity contribution in [1.82, 2.24) is 15.3 Å². The lowest BCUT2D eigenvalue weighted by molar-refractivity contribution is -0.123. The van der Waals surface area contributed by atoms with Crippen LogP contribution in [0.15, 0.2) is 47.4 Å².